The van der Waals surface area contributed by atoms with Crippen molar-refractivity contribution in [3.8, 4) is 5.75 Å². The van der Waals surface area contributed by atoms with Crippen LogP contribution in [0.2, 0.25) is 0 Å². The van der Waals surface area contributed by atoms with Crippen LogP contribution in [0.4, 0.5) is 0 Å². The molecule has 1 aromatic rings. The van der Waals surface area contributed by atoms with Crippen molar-refractivity contribution in [3.63, 3.8) is 0 Å². The van der Waals surface area contributed by atoms with Gasteiger partial charge in [0.05, 0.1) is 6.54 Å². The predicted octanol–water partition coefficient (Wildman–Crippen LogP) is 2.08. The standard InChI is InChI=1S/C12H17NO3/c1-9(2)13(16-10(3)14)8-11-6-4-5-7-12(11)15/h4-7,9,15H,8H2,1-3H3. The zero-order valence-electron chi connectivity index (χ0n) is 9.80. The lowest BCUT2D eigenvalue weighted by atomic mass is 10.2. The summed E-state index contributed by atoms with van der Waals surface area (Å²) in [6, 6.07) is 7.06. The molecule has 0 atom stereocenters. The van der Waals surface area contributed by atoms with Gasteiger partial charge in [-0.2, -0.15) is 0 Å². The Kier molecular flexibility index (Phi) is 4.31. The SMILES string of the molecule is CC(=O)ON(Cc1ccccc1O)C(C)C. The van der Waals surface area contributed by atoms with Crippen molar-refractivity contribution >= 4 is 5.97 Å². The van der Waals surface area contributed by atoms with Crippen molar-refractivity contribution in [3.05, 3.63) is 29.8 Å². The predicted molar refractivity (Wildman–Crippen MR) is 60.6 cm³/mol. The summed E-state index contributed by atoms with van der Waals surface area (Å²) < 4.78 is 0. The molecule has 1 aromatic carbocycles. The number of hydrogen-bond donors (Lipinski definition) is 1. The summed E-state index contributed by atoms with van der Waals surface area (Å²) in [5.41, 5.74) is 0.734. The van der Waals surface area contributed by atoms with Crippen molar-refractivity contribution in [2.24, 2.45) is 0 Å². The Morgan fingerprint density at radius 1 is 1.44 bits per heavy atom. The molecule has 0 aromatic heterocycles. The summed E-state index contributed by atoms with van der Waals surface area (Å²) in [6.45, 7) is 5.58. The molecule has 0 amide bonds. The van der Waals surface area contributed by atoms with Crippen molar-refractivity contribution in [1.82, 2.24) is 5.06 Å². The summed E-state index contributed by atoms with van der Waals surface area (Å²) in [7, 11) is 0. The van der Waals surface area contributed by atoms with E-state index in [1.165, 1.54) is 12.0 Å². The molecule has 16 heavy (non-hydrogen) atoms. The Morgan fingerprint density at radius 3 is 2.56 bits per heavy atom. The van der Waals surface area contributed by atoms with Crippen LogP contribution < -0.4 is 0 Å². The molecule has 0 heterocycles. The Balaban J connectivity index is 2.76. The first-order valence-corrected chi connectivity index (χ1v) is 5.22. The highest BCUT2D eigenvalue weighted by Gasteiger charge is 2.15. The normalized spacial score (nSPS) is 10.8. The molecule has 1 N–H and O–H groups in total. The summed E-state index contributed by atoms with van der Waals surface area (Å²) in [5.74, 6) is -0.149. The third-order valence-corrected chi connectivity index (χ3v) is 2.14. The molecule has 88 valence electrons. The number of aromatic hydroxyl groups is 1. The van der Waals surface area contributed by atoms with Crippen LogP contribution in [0.5, 0.6) is 5.75 Å². The summed E-state index contributed by atoms with van der Waals surface area (Å²) in [6.07, 6.45) is 0. The number of hydroxylamine groups is 2. The lowest BCUT2D eigenvalue weighted by Crippen LogP contribution is -2.32. The van der Waals surface area contributed by atoms with Gasteiger partial charge in [-0.15, -0.1) is 5.06 Å². The van der Waals surface area contributed by atoms with Crippen molar-refractivity contribution in [2.75, 3.05) is 0 Å². The highest BCUT2D eigenvalue weighted by atomic mass is 16.7. The quantitative estimate of drug-likeness (QED) is 0.794. The second-order valence-corrected chi connectivity index (χ2v) is 3.88. The Bertz CT molecular complexity index is 363. The van der Waals surface area contributed by atoms with E-state index in [0.717, 1.165) is 5.56 Å². The number of carbonyl (C=O) groups excluding carboxylic acids is 1. The number of phenols is 1. The molecule has 0 saturated heterocycles. The molecule has 0 fully saturated rings. The van der Waals surface area contributed by atoms with E-state index < -0.39 is 0 Å². The molecule has 0 bridgehead atoms. The number of phenolic OH excluding ortho intramolecular Hbond substituents is 1. The highest BCUT2D eigenvalue weighted by Crippen LogP contribution is 2.19. The molecule has 0 radical (unpaired) electrons. The second-order valence-electron chi connectivity index (χ2n) is 3.88. The summed E-state index contributed by atoms with van der Waals surface area (Å²) >= 11 is 0. The van der Waals surface area contributed by atoms with Gasteiger partial charge >= 0.3 is 5.97 Å². The largest absolute Gasteiger partial charge is 0.508 e. The minimum Gasteiger partial charge on any atom is -0.508 e. The first kappa shape index (κ1) is 12.5. The van der Waals surface area contributed by atoms with Crippen LogP contribution >= 0.6 is 0 Å². The maximum absolute atomic E-state index is 10.9. The summed E-state index contributed by atoms with van der Waals surface area (Å²) in [5, 5.41) is 11.1. The van der Waals surface area contributed by atoms with E-state index in [1.807, 2.05) is 19.9 Å². The first-order chi connectivity index (χ1) is 7.50. The fourth-order valence-corrected chi connectivity index (χ4v) is 1.30. The zero-order valence-corrected chi connectivity index (χ0v) is 9.80. The summed E-state index contributed by atoms with van der Waals surface area (Å²) in [4.78, 5) is 16.0. The molecular weight excluding hydrogens is 206 g/mol. The Labute approximate surface area is 95.4 Å². The van der Waals surface area contributed by atoms with Crippen molar-refractivity contribution in [1.29, 1.82) is 0 Å². The van der Waals surface area contributed by atoms with Gasteiger partial charge in [-0.1, -0.05) is 18.2 Å². The van der Waals surface area contributed by atoms with Crippen LogP contribution in [0.25, 0.3) is 0 Å². The monoisotopic (exact) mass is 223 g/mol. The van der Waals surface area contributed by atoms with Gasteiger partial charge in [0.2, 0.25) is 0 Å². The van der Waals surface area contributed by atoms with Crippen LogP contribution in [0.1, 0.15) is 26.3 Å². The van der Waals surface area contributed by atoms with Gasteiger partial charge in [0.25, 0.3) is 0 Å². The fourth-order valence-electron chi connectivity index (χ4n) is 1.30. The molecule has 0 unspecified atom stereocenters. The number of rotatable bonds is 4. The van der Waals surface area contributed by atoms with E-state index in [0.29, 0.717) is 6.54 Å². The molecule has 1 rings (SSSR count). The van der Waals surface area contributed by atoms with Crippen LogP contribution in [-0.2, 0) is 16.2 Å². The molecular formula is C12H17NO3. The molecule has 0 aliphatic heterocycles. The molecule has 4 nitrogen and oxygen atoms in total. The Hall–Kier alpha value is -1.55. The smallest absolute Gasteiger partial charge is 0.322 e. The second kappa shape index (κ2) is 5.51. The number of para-hydroxylation sites is 1. The maximum Gasteiger partial charge on any atom is 0.322 e. The average molecular weight is 223 g/mol. The minimum atomic E-state index is -0.357. The van der Waals surface area contributed by atoms with Gasteiger partial charge in [0.1, 0.15) is 5.75 Å². The van der Waals surface area contributed by atoms with E-state index in [2.05, 4.69) is 0 Å². The van der Waals surface area contributed by atoms with Gasteiger partial charge in [0.15, 0.2) is 0 Å². The fraction of sp³-hybridized carbons (Fsp3) is 0.417. The third kappa shape index (κ3) is 3.55. The zero-order chi connectivity index (χ0) is 12.1. The van der Waals surface area contributed by atoms with Crippen molar-refractivity contribution < 1.29 is 14.7 Å². The molecule has 0 spiro atoms. The lowest BCUT2D eigenvalue weighted by molar-refractivity contribution is -0.200. The molecule has 0 saturated carbocycles. The van der Waals surface area contributed by atoms with E-state index in [-0.39, 0.29) is 17.8 Å². The lowest BCUT2D eigenvalue weighted by Gasteiger charge is -2.24. The minimum absolute atomic E-state index is 0.0588. The van der Waals surface area contributed by atoms with Crippen LogP contribution in [-0.4, -0.2) is 22.2 Å². The topological polar surface area (TPSA) is 49.8 Å². The average Bonchev–Trinajstić information content (AvgIpc) is 2.19. The van der Waals surface area contributed by atoms with Gasteiger partial charge in [-0.3, -0.25) is 4.79 Å². The number of carbonyl (C=O) groups is 1. The van der Waals surface area contributed by atoms with Gasteiger partial charge in [0, 0.05) is 18.5 Å². The van der Waals surface area contributed by atoms with Gasteiger partial charge in [-0.05, 0) is 19.9 Å². The Morgan fingerprint density at radius 2 is 2.06 bits per heavy atom. The van der Waals surface area contributed by atoms with E-state index in [1.54, 1.807) is 18.2 Å². The third-order valence-electron chi connectivity index (χ3n) is 2.14. The van der Waals surface area contributed by atoms with E-state index in [4.69, 9.17) is 4.84 Å². The number of nitrogens with zero attached hydrogens (tertiary/aromatic N) is 1. The van der Waals surface area contributed by atoms with E-state index >= 15 is 0 Å². The van der Waals surface area contributed by atoms with Crippen LogP contribution in [0.15, 0.2) is 24.3 Å². The maximum atomic E-state index is 10.9. The number of hydrogen-bond acceptors (Lipinski definition) is 4. The molecule has 0 aliphatic rings. The molecule has 4 heteroatoms. The first-order valence-electron chi connectivity index (χ1n) is 5.22. The molecule has 0 aliphatic carbocycles. The highest BCUT2D eigenvalue weighted by molar-refractivity contribution is 5.65. The van der Waals surface area contributed by atoms with E-state index in [9.17, 15) is 9.90 Å². The van der Waals surface area contributed by atoms with Crippen LogP contribution in [0.3, 0.4) is 0 Å². The van der Waals surface area contributed by atoms with Crippen LogP contribution in [0, 0.1) is 0 Å². The van der Waals surface area contributed by atoms with Gasteiger partial charge < -0.3 is 9.94 Å². The number of benzene rings is 1. The van der Waals surface area contributed by atoms with Crippen molar-refractivity contribution in [2.45, 2.75) is 33.4 Å². The van der Waals surface area contributed by atoms with Gasteiger partial charge in [-0.25, -0.2) is 0 Å².